The fourth-order valence-electron chi connectivity index (χ4n) is 4.96. The molecule has 1 saturated heterocycles. The first kappa shape index (κ1) is 25.0. The van der Waals surface area contributed by atoms with Gasteiger partial charge < -0.3 is 14.6 Å². The lowest BCUT2D eigenvalue weighted by atomic mass is 9.77. The third-order valence-electron chi connectivity index (χ3n) is 6.93. The van der Waals surface area contributed by atoms with Crippen LogP contribution in [0, 0.1) is 6.92 Å². The van der Waals surface area contributed by atoms with Crippen molar-refractivity contribution in [1.82, 2.24) is 20.2 Å². The van der Waals surface area contributed by atoms with Crippen LogP contribution in [-0.4, -0.2) is 51.4 Å². The van der Waals surface area contributed by atoms with E-state index in [-0.39, 0.29) is 44.0 Å². The Balaban J connectivity index is 1.34. The van der Waals surface area contributed by atoms with Gasteiger partial charge >= 0.3 is 0 Å². The minimum Gasteiger partial charge on any atom is -0.448 e. The van der Waals surface area contributed by atoms with Crippen LogP contribution in [0.15, 0.2) is 59.3 Å². The second-order valence-electron chi connectivity index (χ2n) is 9.78. The summed E-state index contributed by atoms with van der Waals surface area (Å²) in [5.41, 5.74) is 2.60. The lowest BCUT2D eigenvalue weighted by Gasteiger charge is -2.35. The van der Waals surface area contributed by atoms with E-state index in [2.05, 4.69) is 15.3 Å². The summed E-state index contributed by atoms with van der Waals surface area (Å²) in [5.74, 6) is -3.62. The number of oxazole rings is 1. The number of benzene rings is 1. The molecule has 3 heterocycles. The second-order valence-corrected chi connectivity index (χ2v) is 9.78. The molecule has 1 aliphatic heterocycles. The molecule has 1 aromatic carbocycles. The number of rotatable bonds is 7. The van der Waals surface area contributed by atoms with Crippen LogP contribution in [-0.2, 0) is 16.0 Å². The molecule has 0 radical (unpaired) electrons. The Morgan fingerprint density at radius 1 is 1.19 bits per heavy atom. The number of carbonyl (C=O) groups excluding carboxylic acids is 2. The van der Waals surface area contributed by atoms with Crippen molar-refractivity contribution in [3.63, 3.8) is 0 Å². The van der Waals surface area contributed by atoms with Crippen LogP contribution in [0.2, 0.25) is 0 Å². The quantitative estimate of drug-likeness (QED) is 0.511. The topological polar surface area (TPSA) is 88.3 Å². The minimum absolute atomic E-state index is 0.119. The van der Waals surface area contributed by atoms with E-state index in [1.807, 2.05) is 30.3 Å². The molecule has 5 rings (SSSR count). The molecule has 2 aromatic heterocycles. The molecule has 10 heteroatoms. The summed E-state index contributed by atoms with van der Waals surface area (Å²) in [6.45, 7) is 1.54. The lowest BCUT2D eigenvalue weighted by Crippen LogP contribution is -2.47. The molecule has 1 aliphatic carbocycles. The van der Waals surface area contributed by atoms with E-state index in [1.54, 1.807) is 25.3 Å². The number of amides is 2. The number of alkyl halides is 3. The van der Waals surface area contributed by atoms with Crippen LogP contribution in [0.3, 0.4) is 0 Å². The number of aromatic nitrogens is 2. The fraction of sp³-hybridized carbons (Fsp3) is 0.407. The van der Waals surface area contributed by atoms with Crippen LogP contribution in [0.4, 0.5) is 13.2 Å². The van der Waals surface area contributed by atoms with Gasteiger partial charge in [0.2, 0.25) is 23.6 Å². The first-order chi connectivity index (χ1) is 17.7. The van der Waals surface area contributed by atoms with Gasteiger partial charge in [-0.25, -0.2) is 18.2 Å². The molecular weight excluding hydrogens is 485 g/mol. The minimum atomic E-state index is -2.63. The highest BCUT2D eigenvalue weighted by atomic mass is 19.3. The Morgan fingerprint density at radius 2 is 1.95 bits per heavy atom. The van der Waals surface area contributed by atoms with E-state index in [0.29, 0.717) is 11.4 Å². The number of hydrogen-bond donors (Lipinski definition) is 1. The zero-order chi connectivity index (χ0) is 26.2. The summed E-state index contributed by atoms with van der Waals surface area (Å²) < 4.78 is 46.3. The van der Waals surface area contributed by atoms with E-state index >= 15 is 0 Å². The third-order valence-corrected chi connectivity index (χ3v) is 6.93. The zero-order valence-electron chi connectivity index (χ0n) is 20.2. The van der Waals surface area contributed by atoms with Gasteiger partial charge in [0.05, 0.1) is 24.0 Å². The van der Waals surface area contributed by atoms with Crippen LogP contribution in [0.1, 0.15) is 59.6 Å². The van der Waals surface area contributed by atoms with Gasteiger partial charge in [-0.2, -0.15) is 0 Å². The number of likely N-dealkylation sites (tertiary alicyclic amines) is 1. The molecule has 3 atom stereocenters. The van der Waals surface area contributed by atoms with Crippen molar-refractivity contribution < 1.29 is 27.2 Å². The van der Waals surface area contributed by atoms with Crippen molar-refractivity contribution in [3.8, 4) is 0 Å². The molecule has 7 nitrogen and oxygen atoms in total. The van der Waals surface area contributed by atoms with Crippen molar-refractivity contribution >= 4 is 11.8 Å². The number of pyridine rings is 1. The Bertz CT molecular complexity index is 1260. The Labute approximate surface area is 212 Å². The van der Waals surface area contributed by atoms with Crippen molar-refractivity contribution in [1.29, 1.82) is 0 Å². The number of halogens is 3. The van der Waals surface area contributed by atoms with E-state index in [9.17, 15) is 22.8 Å². The zero-order valence-corrected chi connectivity index (χ0v) is 20.2. The summed E-state index contributed by atoms with van der Waals surface area (Å²) in [6, 6.07) is 10.9. The van der Waals surface area contributed by atoms with E-state index < -0.39 is 36.0 Å². The molecule has 1 N–H and O–H groups in total. The number of aryl methyl sites for hydroxylation is 1. The summed E-state index contributed by atoms with van der Waals surface area (Å²) in [7, 11) is 0. The summed E-state index contributed by atoms with van der Waals surface area (Å²) in [4.78, 5) is 36.1. The van der Waals surface area contributed by atoms with E-state index in [4.69, 9.17) is 4.42 Å². The van der Waals surface area contributed by atoms with Crippen molar-refractivity contribution in [3.05, 3.63) is 83.3 Å². The average Bonchev–Trinajstić information content (AvgIpc) is 3.46. The van der Waals surface area contributed by atoms with Gasteiger partial charge in [-0.15, -0.1) is 0 Å². The maximum atomic E-state index is 14.4. The second kappa shape index (κ2) is 9.99. The standard InChI is InChI=1S/C27H27F3N4O3/c1-16-15-37-23(32-16)10-24(35)34-14-20(28)9-22(34)26(36)33-25(17-5-3-2-4-6-17)21-8-7-18(13-31-21)19-11-27(29,30)12-19/h2-8,13,15,19-20,22,25H,9-12,14H2,1H3,(H,33,36)/t20-,22+,25+/m1/s1. The molecule has 194 valence electrons. The Hall–Kier alpha value is -3.69. The van der Waals surface area contributed by atoms with Gasteiger partial charge in [-0.1, -0.05) is 36.4 Å². The van der Waals surface area contributed by atoms with Gasteiger partial charge in [0.1, 0.15) is 24.9 Å². The van der Waals surface area contributed by atoms with Crippen molar-refractivity contribution in [2.45, 2.75) is 62.7 Å². The average molecular weight is 513 g/mol. The normalized spacial score (nSPS) is 21.9. The highest BCUT2D eigenvalue weighted by Gasteiger charge is 2.46. The maximum absolute atomic E-state index is 14.4. The first-order valence-electron chi connectivity index (χ1n) is 12.2. The number of nitrogens with one attached hydrogen (secondary N) is 1. The predicted molar refractivity (Wildman–Crippen MR) is 128 cm³/mol. The predicted octanol–water partition coefficient (Wildman–Crippen LogP) is 4.28. The Kier molecular flexibility index (Phi) is 6.74. The van der Waals surface area contributed by atoms with Gasteiger partial charge in [0.25, 0.3) is 0 Å². The van der Waals surface area contributed by atoms with E-state index in [0.717, 1.165) is 11.1 Å². The molecule has 2 fully saturated rings. The van der Waals surface area contributed by atoms with Crippen LogP contribution >= 0.6 is 0 Å². The third kappa shape index (κ3) is 5.52. The Morgan fingerprint density at radius 3 is 2.57 bits per heavy atom. The monoisotopic (exact) mass is 512 g/mol. The smallest absolute Gasteiger partial charge is 0.249 e. The van der Waals surface area contributed by atoms with Crippen LogP contribution in [0.25, 0.3) is 0 Å². The van der Waals surface area contributed by atoms with Gasteiger partial charge in [-0.3, -0.25) is 14.6 Å². The maximum Gasteiger partial charge on any atom is 0.249 e. The fourth-order valence-corrected chi connectivity index (χ4v) is 4.96. The number of carbonyl (C=O) groups is 2. The molecule has 1 saturated carbocycles. The molecule has 0 bridgehead atoms. The largest absolute Gasteiger partial charge is 0.448 e. The first-order valence-corrected chi connectivity index (χ1v) is 12.2. The molecule has 3 aromatic rings. The van der Waals surface area contributed by atoms with Crippen LogP contribution in [0.5, 0.6) is 0 Å². The molecule has 0 spiro atoms. The molecule has 0 unspecified atom stereocenters. The van der Waals surface area contributed by atoms with Gasteiger partial charge in [0, 0.05) is 25.5 Å². The van der Waals surface area contributed by atoms with Crippen molar-refractivity contribution in [2.75, 3.05) is 6.54 Å². The SMILES string of the molecule is Cc1coc(CC(=O)N2C[C@H](F)C[C@H]2C(=O)N[C@@H](c2ccccc2)c2ccc(C3CC(F)(F)C3)cn2)n1. The molecular formula is C27H27F3N4O3. The molecule has 2 amide bonds. The molecule has 2 aliphatic rings. The summed E-state index contributed by atoms with van der Waals surface area (Å²) >= 11 is 0. The van der Waals surface area contributed by atoms with Crippen molar-refractivity contribution in [2.24, 2.45) is 0 Å². The van der Waals surface area contributed by atoms with Gasteiger partial charge in [0.15, 0.2) is 0 Å². The number of nitrogens with zero attached hydrogens (tertiary/aromatic N) is 3. The highest BCUT2D eigenvalue weighted by Crippen LogP contribution is 2.48. The van der Waals surface area contributed by atoms with Crippen LogP contribution < -0.4 is 5.32 Å². The highest BCUT2D eigenvalue weighted by molar-refractivity contribution is 5.89. The summed E-state index contributed by atoms with van der Waals surface area (Å²) in [6.07, 6.45) is 0.972. The number of hydrogen-bond acceptors (Lipinski definition) is 5. The summed E-state index contributed by atoms with van der Waals surface area (Å²) in [5, 5.41) is 2.93. The lowest BCUT2D eigenvalue weighted by molar-refractivity contribution is -0.138. The van der Waals surface area contributed by atoms with Gasteiger partial charge in [-0.05, 0) is 30.0 Å². The molecule has 37 heavy (non-hydrogen) atoms. The van der Waals surface area contributed by atoms with E-state index in [1.165, 1.54) is 11.2 Å².